The maximum atomic E-state index is 11.6. The third-order valence-corrected chi connectivity index (χ3v) is 3.29. The van der Waals surface area contributed by atoms with Crippen LogP contribution in [0.3, 0.4) is 0 Å². The van der Waals surface area contributed by atoms with Crippen molar-refractivity contribution in [3.8, 4) is 0 Å². The summed E-state index contributed by atoms with van der Waals surface area (Å²) in [5.41, 5.74) is 0.0897. The Bertz CT molecular complexity index is 303. The summed E-state index contributed by atoms with van der Waals surface area (Å²) < 4.78 is 0. The van der Waals surface area contributed by atoms with Crippen molar-refractivity contribution in [3.63, 3.8) is 0 Å². The second-order valence-electron chi connectivity index (χ2n) is 6.54. The van der Waals surface area contributed by atoms with E-state index in [2.05, 4.69) is 26.1 Å². The predicted molar refractivity (Wildman–Crippen MR) is 70.2 cm³/mol. The van der Waals surface area contributed by atoms with Crippen LogP contribution in [0.5, 0.6) is 0 Å². The van der Waals surface area contributed by atoms with Crippen LogP contribution in [0.1, 0.15) is 59.3 Å². The van der Waals surface area contributed by atoms with E-state index >= 15 is 0 Å². The van der Waals surface area contributed by atoms with Crippen LogP contribution < -0.4 is 5.32 Å². The van der Waals surface area contributed by atoms with Crippen LogP contribution in [-0.4, -0.2) is 23.0 Å². The van der Waals surface area contributed by atoms with Gasteiger partial charge in [0.15, 0.2) is 0 Å². The Labute approximate surface area is 109 Å². The van der Waals surface area contributed by atoms with Gasteiger partial charge < -0.3 is 10.4 Å². The van der Waals surface area contributed by atoms with Crippen LogP contribution in [0, 0.1) is 11.3 Å². The molecule has 0 heterocycles. The minimum Gasteiger partial charge on any atom is -0.480 e. The molecule has 0 aromatic heterocycles. The van der Waals surface area contributed by atoms with E-state index in [-0.39, 0.29) is 11.3 Å². The van der Waals surface area contributed by atoms with Gasteiger partial charge in [-0.2, -0.15) is 0 Å². The number of carbonyl (C=O) groups excluding carboxylic acids is 1. The summed E-state index contributed by atoms with van der Waals surface area (Å²) in [5.74, 6) is -0.351. The molecule has 0 saturated heterocycles. The van der Waals surface area contributed by atoms with Gasteiger partial charge in [-0.05, 0) is 30.6 Å². The molecule has 1 rings (SSSR count). The first kappa shape index (κ1) is 15.0. The second-order valence-corrected chi connectivity index (χ2v) is 6.54. The lowest BCUT2D eigenvalue weighted by Crippen LogP contribution is -2.41. The van der Waals surface area contributed by atoms with E-state index in [4.69, 9.17) is 5.11 Å². The first-order valence-corrected chi connectivity index (χ1v) is 6.80. The average molecular weight is 255 g/mol. The van der Waals surface area contributed by atoms with E-state index in [0.29, 0.717) is 18.8 Å². The van der Waals surface area contributed by atoms with Gasteiger partial charge in [0.1, 0.15) is 6.04 Å². The van der Waals surface area contributed by atoms with E-state index in [1.54, 1.807) is 0 Å². The lowest BCUT2D eigenvalue weighted by Gasteiger charge is -2.21. The SMILES string of the molecule is CC(C)(C)CCC(NC(=O)CCC1CC1)C(=O)O. The van der Waals surface area contributed by atoms with Gasteiger partial charge in [-0.25, -0.2) is 4.79 Å². The number of hydrogen-bond acceptors (Lipinski definition) is 2. The van der Waals surface area contributed by atoms with E-state index < -0.39 is 12.0 Å². The van der Waals surface area contributed by atoms with E-state index in [1.165, 1.54) is 12.8 Å². The summed E-state index contributed by atoms with van der Waals surface area (Å²) in [4.78, 5) is 22.7. The highest BCUT2D eigenvalue weighted by Crippen LogP contribution is 2.33. The van der Waals surface area contributed by atoms with E-state index in [0.717, 1.165) is 12.8 Å². The molecule has 0 radical (unpaired) electrons. The van der Waals surface area contributed by atoms with Crippen LogP contribution in [0.4, 0.5) is 0 Å². The Kier molecular flexibility index (Phi) is 5.17. The molecule has 0 aromatic rings. The van der Waals surface area contributed by atoms with E-state index in [1.807, 2.05) is 0 Å². The van der Waals surface area contributed by atoms with Gasteiger partial charge in [-0.1, -0.05) is 33.6 Å². The normalized spacial score (nSPS) is 17.3. The molecule has 1 fully saturated rings. The minimum absolute atomic E-state index is 0.0897. The first-order chi connectivity index (χ1) is 8.28. The molecule has 1 atom stereocenters. The maximum Gasteiger partial charge on any atom is 0.326 e. The number of nitrogens with one attached hydrogen (secondary N) is 1. The Morgan fingerprint density at radius 3 is 2.39 bits per heavy atom. The molecule has 0 spiro atoms. The van der Waals surface area contributed by atoms with Crippen molar-refractivity contribution in [1.82, 2.24) is 5.32 Å². The number of carbonyl (C=O) groups is 2. The van der Waals surface area contributed by atoms with Crippen LogP contribution >= 0.6 is 0 Å². The molecule has 4 heteroatoms. The van der Waals surface area contributed by atoms with Crippen molar-refractivity contribution in [2.45, 2.75) is 65.3 Å². The van der Waals surface area contributed by atoms with Gasteiger partial charge >= 0.3 is 5.97 Å². The number of carboxylic acid groups (broad SMARTS) is 1. The zero-order valence-corrected chi connectivity index (χ0v) is 11.7. The quantitative estimate of drug-likeness (QED) is 0.734. The van der Waals surface area contributed by atoms with Crippen LogP contribution in [0.25, 0.3) is 0 Å². The monoisotopic (exact) mass is 255 g/mol. The Balaban J connectivity index is 2.31. The Hall–Kier alpha value is -1.06. The van der Waals surface area contributed by atoms with Gasteiger partial charge in [-0.15, -0.1) is 0 Å². The van der Waals surface area contributed by atoms with Gasteiger partial charge in [-0.3, -0.25) is 4.79 Å². The van der Waals surface area contributed by atoms with Crippen molar-refractivity contribution >= 4 is 11.9 Å². The molecule has 0 bridgehead atoms. The molecule has 1 unspecified atom stereocenters. The largest absolute Gasteiger partial charge is 0.480 e. The highest BCUT2D eigenvalue weighted by Gasteiger charge is 2.25. The fraction of sp³-hybridized carbons (Fsp3) is 0.857. The molecule has 104 valence electrons. The third-order valence-electron chi connectivity index (χ3n) is 3.29. The fourth-order valence-electron chi connectivity index (χ4n) is 1.84. The standard InChI is InChI=1S/C14H25NO3/c1-14(2,3)9-8-11(13(17)18)15-12(16)7-6-10-4-5-10/h10-11H,4-9H2,1-3H3,(H,15,16)(H,17,18). The highest BCUT2D eigenvalue weighted by molar-refractivity contribution is 5.83. The van der Waals surface area contributed by atoms with Gasteiger partial charge in [0.2, 0.25) is 5.91 Å². The molecule has 4 nitrogen and oxygen atoms in total. The number of rotatable bonds is 7. The number of aliphatic carboxylic acids is 1. The van der Waals surface area contributed by atoms with Crippen molar-refractivity contribution < 1.29 is 14.7 Å². The van der Waals surface area contributed by atoms with Crippen LogP contribution in [0.15, 0.2) is 0 Å². The zero-order chi connectivity index (χ0) is 13.8. The van der Waals surface area contributed by atoms with Crippen molar-refractivity contribution in [2.24, 2.45) is 11.3 Å². The summed E-state index contributed by atoms with van der Waals surface area (Å²) in [6.45, 7) is 6.21. The molecule has 1 saturated carbocycles. The van der Waals surface area contributed by atoms with Crippen molar-refractivity contribution in [2.75, 3.05) is 0 Å². The summed E-state index contributed by atoms with van der Waals surface area (Å²) in [5, 5.41) is 11.7. The zero-order valence-electron chi connectivity index (χ0n) is 11.7. The van der Waals surface area contributed by atoms with Crippen LogP contribution in [-0.2, 0) is 9.59 Å². The highest BCUT2D eigenvalue weighted by atomic mass is 16.4. The molecule has 0 aromatic carbocycles. The average Bonchev–Trinajstić information content (AvgIpc) is 3.03. The van der Waals surface area contributed by atoms with Gasteiger partial charge in [0.05, 0.1) is 0 Å². The summed E-state index contributed by atoms with van der Waals surface area (Å²) in [6.07, 6.45) is 5.08. The lowest BCUT2D eigenvalue weighted by molar-refractivity contribution is -0.142. The lowest BCUT2D eigenvalue weighted by atomic mass is 9.88. The molecule has 1 aliphatic rings. The van der Waals surface area contributed by atoms with Crippen molar-refractivity contribution in [3.05, 3.63) is 0 Å². The topological polar surface area (TPSA) is 66.4 Å². The smallest absolute Gasteiger partial charge is 0.326 e. The second kappa shape index (κ2) is 6.21. The van der Waals surface area contributed by atoms with Crippen LogP contribution in [0.2, 0.25) is 0 Å². The molecular formula is C14H25NO3. The molecular weight excluding hydrogens is 230 g/mol. The van der Waals surface area contributed by atoms with Gasteiger partial charge in [0, 0.05) is 6.42 Å². The molecule has 0 aliphatic heterocycles. The molecule has 1 amide bonds. The Morgan fingerprint density at radius 2 is 1.94 bits per heavy atom. The Morgan fingerprint density at radius 1 is 1.33 bits per heavy atom. The number of carboxylic acids is 1. The number of amides is 1. The molecule has 1 aliphatic carbocycles. The predicted octanol–water partition coefficient (Wildman–Crippen LogP) is 2.57. The maximum absolute atomic E-state index is 11.6. The number of hydrogen-bond donors (Lipinski definition) is 2. The first-order valence-electron chi connectivity index (χ1n) is 6.80. The summed E-state index contributed by atoms with van der Waals surface area (Å²) >= 11 is 0. The third kappa shape index (κ3) is 6.62. The van der Waals surface area contributed by atoms with E-state index in [9.17, 15) is 9.59 Å². The van der Waals surface area contributed by atoms with Crippen molar-refractivity contribution in [1.29, 1.82) is 0 Å². The molecule has 2 N–H and O–H groups in total. The summed E-state index contributed by atoms with van der Waals surface area (Å²) in [7, 11) is 0. The minimum atomic E-state index is -0.931. The fourth-order valence-corrected chi connectivity index (χ4v) is 1.84. The van der Waals surface area contributed by atoms with Gasteiger partial charge in [0.25, 0.3) is 0 Å². The molecule has 18 heavy (non-hydrogen) atoms. The summed E-state index contributed by atoms with van der Waals surface area (Å²) in [6, 6.07) is -0.740.